The largest absolute Gasteiger partial charge is 0.487 e. The molecule has 0 atom stereocenters. The summed E-state index contributed by atoms with van der Waals surface area (Å²) in [4.78, 5) is 50.0. The first-order valence-electron chi connectivity index (χ1n) is 10.4. The molecule has 12 heteroatoms. The van der Waals surface area contributed by atoms with Crippen LogP contribution in [0.5, 0.6) is 5.75 Å². The molecule has 3 aromatic rings. The molecule has 0 unspecified atom stereocenters. The van der Waals surface area contributed by atoms with E-state index in [0.717, 1.165) is 10.5 Å². The number of nitrogens with zero attached hydrogens (tertiary/aromatic N) is 1. The van der Waals surface area contributed by atoms with Gasteiger partial charge in [-0.3, -0.25) is 14.9 Å². The van der Waals surface area contributed by atoms with Gasteiger partial charge in [-0.2, -0.15) is 0 Å². The standard InChI is InChI=1S/C25H14Cl2I2N2O6/c26-16-2-1-3-19(20(16)27)31-23(33)15(22(32)30-25(31)36)8-13-9-17(28)21(18(29)10-13)37-11-12-4-6-14(7-5-12)24(34)35/h1-10H,11H2,(H,34,35)(H,30,32,36)/b15-8+. The van der Waals surface area contributed by atoms with Gasteiger partial charge in [0, 0.05) is 0 Å². The van der Waals surface area contributed by atoms with Gasteiger partial charge in [-0.1, -0.05) is 41.4 Å². The Labute approximate surface area is 247 Å². The predicted octanol–water partition coefficient (Wildman–Crippen LogP) is 6.15. The Bertz CT molecular complexity index is 1470. The lowest BCUT2D eigenvalue weighted by Crippen LogP contribution is -2.54. The lowest BCUT2D eigenvalue weighted by molar-refractivity contribution is -0.122. The summed E-state index contributed by atoms with van der Waals surface area (Å²) in [5.74, 6) is -2.09. The molecule has 4 rings (SSSR count). The van der Waals surface area contributed by atoms with Crippen LogP contribution in [0.1, 0.15) is 21.5 Å². The number of ether oxygens (including phenoxy) is 1. The Morgan fingerprint density at radius 3 is 2.30 bits per heavy atom. The lowest BCUT2D eigenvalue weighted by Gasteiger charge is -2.27. The lowest BCUT2D eigenvalue weighted by atomic mass is 10.1. The topological polar surface area (TPSA) is 113 Å². The number of carboxylic acids is 1. The van der Waals surface area contributed by atoms with Crippen LogP contribution in [0.3, 0.4) is 0 Å². The molecule has 1 heterocycles. The molecule has 1 fully saturated rings. The van der Waals surface area contributed by atoms with E-state index in [2.05, 4.69) is 50.5 Å². The van der Waals surface area contributed by atoms with Crippen LogP contribution in [0.15, 0.2) is 60.2 Å². The SMILES string of the molecule is O=C1NC(=O)N(c2cccc(Cl)c2Cl)C(=O)/C1=C/c1cc(I)c(OCc2ccc(C(=O)O)cc2)c(I)c1. The second kappa shape index (κ2) is 11.4. The Hall–Kier alpha value is -2.68. The van der Waals surface area contributed by atoms with Gasteiger partial charge in [0.05, 0.1) is 28.4 Å². The first-order chi connectivity index (χ1) is 17.6. The number of barbiturate groups is 1. The molecule has 2 N–H and O–H groups in total. The van der Waals surface area contributed by atoms with Crippen LogP contribution in [-0.2, 0) is 16.2 Å². The summed E-state index contributed by atoms with van der Waals surface area (Å²) in [6.07, 6.45) is 1.38. The van der Waals surface area contributed by atoms with E-state index in [9.17, 15) is 19.2 Å². The fourth-order valence-corrected chi connectivity index (χ4v) is 5.92. The third-order valence-electron chi connectivity index (χ3n) is 5.19. The number of imide groups is 2. The molecule has 3 aromatic carbocycles. The van der Waals surface area contributed by atoms with Gasteiger partial charge in [-0.05, 0) is 98.8 Å². The molecule has 0 bridgehead atoms. The van der Waals surface area contributed by atoms with Crippen LogP contribution in [0.2, 0.25) is 10.0 Å². The number of carbonyl (C=O) groups excluding carboxylic acids is 3. The van der Waals surface area contributed by atoms with Crippen molar-refractivity contribution < 1.29 is 29.0 Å². The minimum atomic E-state index is -1.01. The van der Waals surface area contributed by atoms with Crippen molar-refractivity contribution in [2.75, 3.05) is 4.90 Å². The Morgan fingerprint density at radius 1 is 1.03 bits per heavy atom. The predicted molar refractivity (Wildman–Crippen MR) is 155 cm³/mol. The highest BCUT2D eigenvalue weighted by atomic mass is 127. The summed E-state index contributed by atoms with van der Waals surface area (Å²) in [6.45, 7) is 0.213. The van der Waals surface area contributed by atoms with Gasteiger partial charge < -0.3 is 9.84 Å². The van der Waals surface area contributed by atoms with Crippen molar-refractivity contribution in [1.29, 1.82) is 0 Å². The second-order valence-corrected chi connectivity index (χ2v) is 10.7. The van der Waals surface area contributed by atoms with Crippen LogP contribution < -0.4 is 15.0 Å². The highest BCUT2D eigenvalue weighted by molar-refractivity contribution is 14.1. The molecular weight excluding hydrogens is 749 g/mol. The second-order valence-electron chi connectivity index (χ2n) is 7.64. The maximum atomic E-state index is 13.2. The van der Waals surface area contributed by atoms with Crippen molar-refractivity contribution in [2.24, 2.45) is 0 Å². The number of hydrogen-bond donors (Lipinski definition) is 2. The van der Waals surface area contributed by atoms with Crippen LogP contribution >= 0.6 is 68.4 Å². The number of anilines is 1. The number of carboxylic acid groups (broad SMARTS) is 1. The fourth-order valence-electron chi connectivity index (χ4n) is 3.41. The third kappa shape index (κ3) is 5.92. The van der Waals surface area contributed by atoms with E-state index < -0.39 is 23.8 Å². The van der Waals surface area contributed by atoms with Gasteiger partial charge in [-0.25, -0.2) is 14.5 Å². The first-order valence-corrected chi connectivity index (χ1v) is 13.3. The Kier molecular flexibility index (Phi) is 8.41. The van der Waals surface area contributed by atoms with Gasteiger partial charge >= 0.3 is 12.0 Å². The smallest absolute Gasteiger partial charge is 0.336 e. The van der Waals surface area contributed by atoms with Gasteiger partial charge in [0.2, 0.25) is 0 Å². The average molecular weight is 763 g/mol. The number of urea groups is 1. The van der Waals surface area contributed by atoms with Crippen molar-refractivity contribution >= 4 is 104 Å². The highest BCUT2D eigenvalue weighted by Gasteiger charge is 2.38. The van der Waals surface area contributed by atoms with Crippen LogP contribution in [0.25, 0.3) is 6.08 Å². The van der Waals surface area contributed by atoms with Gasteiger partial charge in [0.15, 0.2) is 0 Å². The maximum Gasteiger partial charge on any atom is 0.336 e. The van der Waals surface area contributed by atoms with Crippen LogP contribution in [-0.4, -0.2) is 28.9 Å². The number of nitrogens with one attached hydrogen (secondary N) is 1. The quantitative estimate of drug-likeness (QED) is 0.177. The Morgan fingerprint density at radius 2 is 1.68 bits per heavy atom. The van der Waals surface area contributed by atoms with Crippen LogP contribution in [0.4, 0.5) is 10.5 Å². The minimum absolute atomic E-state index is 0.00423. The number of amides is 4. The molecule has 0 spiro atoms. The van der Waals surface area contributed by atoms with Crippen molar-refractivity contribution in [3.05, 3.63) is 94.0 Å². The van der Waals surface area contributed by atoms with E-state index in [0.29, 0.717) is 18.5 Å². The molecule has 0 saturated carbocycles. The number of halogens is 4. The van der Waals surface area contributed by atoms with Crippen molar-refractivity contribution in [1.82, 2.24) is 5.32 Å². The molecule has 1 saturated heterocycles. The van der Waals surface area contributed by atoms with Crippen LogP contribution in [0, 0.1) is 7.14 Å². The summed E-state index contributed by atoms with van der Waals surface area (Å²) in [5.41, 5.74) is 1.31. The third-order valence-corrected chi connectivity index (χ3v) is 7.60. The molecule has 0 aliphatic carbocycles. The fraction of sp³-hybridized carbons (Fsp3) is 0.0400. The van der Waals surface area contributed by atoms with Crippen molar-refractivity contribution in [3.8, 4) is 5.75 Å². The molecule has 8 nitrogen and oxygen atoms in total. The van der Waals surface area contributed by atoms with Gasteiger partial charge in [-0.15, -0.1) is 0 Å². The average Bonchev–Trinajstić information content (AvgIpc) is 2.84. The van der Waals surface area contributed by atoms with E-state index in [1.165, 1.54) is 36.4 Å². The van der Waals surface area contributed by atoms with Crippen molar-refractivity contribution in [3.63, 3.8) is 0 Å². The molecule has 37 heavy (non-hydrogen) atoms. The van der Waals surface area contributed by atoms with E-state index in [1.807, 2.05) is 0 Å². The number of hydrogen-bond acceptors (Lipinski definition) is 5. The zero-order chi connectivity index (χ0) is 26.9. The number of aromatic carboxylic acids is 1. The first kappa shape index (κ1) is 27.4. The van der Waals surface area contributed by atoms with E-state index in [1.54, 1.807) is 24.3 Å². The van der Waals surface area contributed by atoms with Gasteiger partial charge in [0.25, 0.3) is 11.8 Å². The van der Waals surface area contributed by atoms with Gasteiger partial charge in [0.1, 0.15) is 17.9 Å². The monoisotopic (exact) mass is 762 g/mol. The maximum absolute atomic E-state index is 13.2. The summed E-state index contributed by atoms with van der Waals surface area (Å²) in [5, 5.41) is 11.3. The summed E-state index contributed by atoms with van der Waals surface area (Å²) < 4.78 is 7.38. The minimum Gasteiger partial charge on any atom is -0.487 e. The van der Waals surface area contributed by atoms with Crippen molar-refractivity contribution in [2.45, 2.75) is 6.61 Å². The highest BCUT2D eigenvalue weighted by Crippen LogP contribution is 2.35. The molecule has 4 amide bonds. The Balaban J connectivity index is 1.59. The summed E-state index contributed by atoms with van der Waals surface area (Å²) >= 11 is 16.4. The zero-order valence-electron chi connectivity index (χ0n) is 18.4. The van der Waals surface area contributed by atoms with E-state index >= 15 is 0 Å². The molecule has 0 radical (unpaired) electrons. The molecule has 1 aliphatic rings. The number of benzene rings is 3. The molecule has 0 aromatic heterocycles. The number of carbonyl (C=O) groups is 4. The molecular formula is C25H14Cl2I2N2O6. The normalized spacial score (nSPS) is 14.6. The van der Waals surface area contributed by atoms with E-state index in [-0.39, 0.29) is 33.5 Å². The molecule has 1 aliphatic heterocycles. The number of rotatable bonds is 6. The summed E-state index contributed by atoms with van der Waals surface area (Å²) in [6, 6.07) is 13.4. The van der Waals surface area contributed by atoms with E-state index in [4.69, 9.17) is 33.0 Å². The molecule has 188 valence electrons. The summed E-state index contributed by atoms with van der Waals surface area (Å²) in [7, 11) is 0. The zero-order valence-corrected chi connectivity index (χ0v) is 24.3.